The van der Waals surface area contributed by atoms with E-state index in [9.17, 15) is 9.59 Å². The normalized spacial score (nSPS) is 12.2. The minimum absolute atomic E-state index is 0.133. The third kappa shape index (κ3) is 5.66. The van der Waals surface area contributed by atoms with Gasteiger partial charge in [-0.3, -0.25) is 9.59 Å². The Kier molecular flexibility index (Phi) is 7.86. The first-order valence-electron chi connectivity index (χ1n) is 11.9. The van der Waals surface area contributed by atoms with Crippen molar-refractivity contribution in [3.8, 4) is 0 Å². The lowest BCUT2D eigenvalue weighted by atomic mass is 10.0. The Hall–Kier alpha value is -3.90. The third-order valence-electron chi connectivity index (χ3n) is 6.17. The second-order valence-corrected chi connectivity index (χ2v) is 9.46. The van der Waals surface area contributed by atoms with E-state index in [1.807, 2.05) is 44.2 Å². The summed E-state index contributed by atoms with van der Waals surface area (Å²) in [6.07, 6.45) is 1.68. The first-order chi connectivity index (χ1) is 17.3. The molecule has 0 aliphatic rings. The standard InChI is InChI=1S/C29H29ClN4O2/c1-19(2)27(32-28(35)22-13-15-23(30)16-14-22)29(36)33-31-17-25-20(3)34(18-21-9-5-4-6-10-21)26-12-8-7-11-24(25)26/h4-17,19,27H,18H2,1-3H3,(H,32,35)(H,33,36)/b31-17-. The zero-order chi connectivity index (χ0) is 25.7. The van der Waals surface area contributed by atoms with Crippen LogP contribution in [0.2, 0.25) is 5.02 Å². The lowest BCUT2D eigenvalue weighted by Gasteiger charge is -2.20. The fourth-order valence-electron chi connectivity index (χ4n) is 4.18. The molecule has 184 valence electrons. The predicted octanol–water partition coefficient (Wildman–Crippen LogP) is 5.56. The van der Waals surface area contributed by atoms with Gasteiger partial charge in [0, 0.05) is 39.3 Å². The van der Waals surface area contributed by atoms with Crippen LogP contribution in [0.15, 0.2) is 84.0 Å². The molecule has 0 saturated carbocycles. The van der Waals surface area contributed by atoms with Crippen molar-refractivity contribution in [1.29, 1.82) is 0 Å². The SMILES string of the molecule is Cc1c(/C=N\NC(=O)C(NC(=O)c2ccc(Cl)cc2)C(C)C)c2ccccc2n1Cc1ccccc1. The van der Waals surface area contributed by atoms with Gasteiger partial charge < -0.3 is 9.88 Å². The molecule has 36 heavy (non-hydrogen) atoms. The molecule has 6 nitrogen and oxygen atoms in total. The molecule has 0 fully saturated rings. The van der Waals surface area contributed by atoms with Crippen molar-refractivity contribution in [2.24, 2.45) is 11.0 Å². The van der Waals surface area contributed by atoms with E-state index in [1.165, 1.54) is 5.56 Å². The number of carbonyl (C=O) groups is 2. The maximum absolute atomic E-state index is 12.9. The summed E-state index contributed by atoms with van der Waals surface area (Å²) < 4.78 is 2.25. The van der Waals surface area contributed by atoms with Gasteiger partial charge in [0.25, 0.3) is 11.8 Å². The highest BCUT2D eigenvalue weighted by Gasteiger charge is 2.24. The van der Waals surface area contributed by atoms with Gasteiger partial charge in [-0.1, -0.05) is 74.0 Å². The van der Waals surface area contributed by atoms with E-state index in [0.717, 1.165) is 28.7 Å². The van der Waals surface area contributed by atoms with Gasteiger partial charge in [0.15, 0.2) is 0 Å². The number of aromatic nitrogens is 1. The quantitative estimate of drug-likeness (QED) is 0.245. The van der Waals surface area contributed by atoms with Crippen LogP contribution < -0.4 is 10.7 Å². The molecule has 4 aromatic rings. The molecule has 1 aromatic heterocycles. The molecule has 2 amide bonds. The van der Waals surface area contributed by atoms with Crippen LogP contribution in [0.25, 0.3) is 10.9 Å². The number of hydrogen-bond donors (Lipinski definition) is 2. The molecule has 0 spiro atoms. The number of amides is 2. The van der Waals surface area contributed by atoms with E-state index in [0.29, 0.717) is 10.6 Å². The summed E-state index contributed by atoms with van der Waals surface area (Å²) in [5.74, 6) is -0.857. The average Bonchev–Trinajstić information content (AvgIpc) is 3.14. The van der Waals surface area contributed by atoms with Gasteiger partial charge in [-0.15, -0.1) is 0 Å². The van der Waals surface area contributed by atoms with Crippen molar-refractivity contribution in [2.45, 2.75) is 33.4 Å². The van der Waals surface area contributed by atoms with Crippen LogP contribution in [-0.4, -0.2) is 28.6 Å². The molecular formula is C29H29ClN4O2. The molecule has 0 aliphatic carbocycles. The Morgan fingerprint density at radius 3 is 2.33 bits per heavy atom. The van der Waals surface area contributed by atoms with Gasteiger partial charge in [0.2, 0.25) is 0 Å². The predicted molar refractivity (Wildman–Crippen MR) is 145 cm³/mol. The fourth-order valence-corrected chi connectivity index (χ4v) is 4.31. The summed E-state index contributed by atoms with van der Waals surface area (Å²) in [6.45, 7) is 6.53. The molecule has 0 saturated heterocycles. The van der Waals surface area contributed by atoms with Gasteiger partial charge in [-0.2, -0.15) is 5.10 Å². The summed E-state index contributed by atoms with van der Waals surface area (Å²) in [5.41, 5.74) is 7.34. The Morgan fingerprint density at radius 1 is 0.972 bits per heavy atom. The first-order valence-corrected chi connectivity index (χ1v) is 12.2. The summed E-state index contributed by atoms with van der Waals surface area (Å²) in [7, 11) is 0. The summed E-state index contributed by atoms with van der Waals surface area (Å²) in [6, 6.07) is 24.2. The first kappa shape index (κ1) is 25.2. The van der Waals surface area contributed by atoms with Gasteiger partial charge >= 0.3 is 0 Å². The summed E-state index contributed by atoms with van der Waals surface area (Å²) in [5, 5.41) is 8.66. The van der Waals surface area contributed by atoms with Crippen LogP contribution in [-0.2, 0) is 11.3 Å². The second kappa shape index (κ2) is 11.2. The van der Waals surface area contributed by atoms with Crippen molar-refractivity contribution in [3.63, 3.8) is 0 Å². The van der Waals surface area contributed by atoms with Crippen LogP contribution >= 0.6 is 11.6 Å². The number of fused-ring (bicyclic) bond motifs is 1. The lowest BCUT2D eigenvalue weighted by molar-refractivity contribution is -0.123. The summed E-state index contributed by atoms with van der Waals surface area (Å²) >= 11 is 5.91. The molecule has 2 N–H and O–H groups in total. The van der Waals surface area contributed by atoms with Crippen LogP contribution in [0.3, 0.4) is 0 Å². The van der Waals surface area contributed by atoms with Gasteiger partial charge in [-0.05, 0) is 48.7 Å². The molecule has 3 aromatic carbocycles. The van der Waals surface area contributed by atoms with E-state index >= 15 is 0 Å². The fraction of sp³-hybridized carbons (Fsp3) is 0.207. The topological polar surface area (TPSA) is 75.5 Å². The smallest absolute Gasteiger partial charge is 0.262 e. The van der Waals surface area contributed by atoms with Crippen molar-refractivity contribution >= 4 is 40.5 Å². The maximum atomic E-state index is 12.9. The molecule has 4 rings (SSSR count). The second-order valence-electron chi connectivity index (χ2n) is 9.02. The maximum Gasteiger partial charge on any atom is 0.262 e. The highest BCUT2D eigenvalue weighted by molar-refractivity contribution is 6.30. The van der Waals surface area contributed by atoms with Crippen molar-refractivity contribution < 1.29 is 9.59 Å². The molecule has 0 bridgehead atoms. The van der Waals surface area contributed by atoms with Crippen LogP contribution in [0.4, 0.5) is 0 Å². The number of carbonyl (C=O) groups excluding carboxylic acids is 2. The van der Waals surface area contributed by atoms with Crippen molar-refractivity contribution in [1.82, 2.24) is 15.3 Å². The highest BCUT2D eigenvalue weighted by atomic mass is 35.5. The van der Waals surface area contributed by atoms with E-state index in [1.54, 1.807) is 30.5 Å². The minimum atomic E-state index is -0.745. The van der Waals surface area contributed by atoms with E-state index in [-0.39, 0.29) is 17.7 Å². The zero-order valence-corrected chi connectivity index (χ0v) is 21.3. The Bertz CT molecular complexity index is 1390. The average molecular weight is 501 g/mol. The van der Waals surface area contributed by atoms with Gasteiger partial charge in [0.1, 0.15) is 6.04 Å². The zero-order valence-electron chi connectivity index (χ0n) is 20.5. The number of nitrogens with one attached hydrogen (secondary N) is 2. The van der Waals surface area contributed by atoms with Crippen LogP contribution in [0.1, 0.15) is 41.0 Å². The van der Waals surface area contributed by atoms with Gasteiger partial charge in [0.05, 0.1) is 6.21 Å². The number of benzene rings is 3. The van der Waals surface area contributed by atoms with E-state index in [4.69, 9.17) is 11.6 Å². The van der Waals surface area contributed by atoms with E-state index < -0.39 is 6.04 Å². The molecule has 7 heteroatoms. The minimum Gasteiger partial charge on any atom is -0.340 e. The van der Waals surface area contributed by atoms with Crippen molar-refractivity contribution in [2.75, 3.05) is 0 Å². The Labute approximate surface area is 216 Å². The molecular weight excluding hydrogens is 472 g/mol. The Balaban J connectivity index is 1.51. The highest BCUT2D eigenvalue weighted by Crippen LogP contribution is 2.25. The molecule has 1 heterocycles. The van der Waals surface area contributed by atoms with Crippen LogP contribution in [0, 0.1) is 12.8 Å². The molecule has 1 atom stereocenters. The molecule has 1 unspecified atom stereocenters. The number of hydrazone groups is 1. The number of rotatable bonds is 8. The lowest BCUT2D eigenvalue weighted by Crippen LogP contribution is -2.48. The monoisotopic (exact) mass is 500 g/mol. The number of nitrogens with zero attached hydrogens (tertiary/aromatic N) is 2. The largest absolute Gasteiger partial charge is 0.340 e. The molecule has 0 aliphatic heterocycles. The van der Waals surface area contributed by atoms with E-state index in [2.05, 4.69) is 51.6 Å². The number of hydrogen-bond acceptors (Lipinski definition) is 3. The van der Waals surface area contributed by atoms with Crippen molar-refractivity contribution in [3.05, 3.63) is 106 Å². The third-order valence-corrected chi connectivity index (χ3v) is 6.43. The number of para-hydroxylation sites is 1. The van der Waals surface area contributed by atoms with Crippen LogP contribution in [0.5, 0.6) is 0 Å². The summed E-state index contributed by atoms with van der Waals surface area (Å²) in [4.78, 5) is 25.6. The Morgan fingerprint density at radius 2 is 1.64 bits per heavy atom. The van der Waals surface area contributed by atoms with Gasteiger partial charge in [-0.25, -0.2) is 5.43 Å². The number of halogens is 1. The molecule has 0 radical (unpaired) electrons.